The Labute approximate surface area is 340 Å². The van der Waals surface area contributed by atoms with Gasteiger partial charge in [0.15, 0.2) is 6.17 Å². The maximum Gasteiger partial charge on any atom is 0.169 e. The molecule has 1 N–H and O–H groups in total. The molecule has 11 rings (SSSR count). The van der Waals surface area contributed by atoms with Gasteiger partial charge in [-0.05, 0) is 78.4 Å². The molecule has 1 atom stereocenters. The molecular formula is C55H41N3. The summed E-state index contributed by atoms with van der Waals surface area (Å²) < 4.78 is 0. The number of rotatable bonds is 5. The number of fused-ring (bicyclic) bond motifs is 9. The van der Waals surface area contributed by atoms with Crippen molar-refractivity contribution in [2.45, 2.75) is 30.8 Å². The highest BCUT2D eigenvalue weighted by Gasteiger charge is 2.53. The van der Waals surface area contributed by atoms with Gasteiger partial charge in [-0.2, -0.15) is 0 Å². The molecule has 0 saturated carbocycles. The Balaban J connectivity index is 1.06. The summed E-state index contributed by atoms with van der Waals surface area (Å²) in [5.74, 6) is 1.61. The second-order valence-electron chi connectivity index (χ2n) is 16.1. The van der Waals surface area contributed by atoms with Crippen LogP contribution in [-0.2, 0) is 10.8 Å². The summed E-state index contributed by atoms with van der Waals surface area (Å²) in [5.41, 5.74) is 18.0. The monoisotopic (exact) mass is 743 g/mol. The second kappa shape index (κ2) is 13.2. The van der Waals surface area contributed by atoms with E-state index in [0.717, 1.165) is 33.9 Å². The van der Waals surface area contributed by atoms with Crippen LogP contribution in [0.2, 0.25) is 0 Å². The fraction of sp³-hybridized carbons (Fsp3) is 0.0909. The maximum atomic E-state index is 5.29. The first-order valence-corrected chi connectivity index (χ1v) is 20.2. The van der Waals surface area contributed by atoms with Crippen molar-refractivity contribution < 1.29 is 0 Å². The van der Waals surface area contributed by atoms with Crippen LogP contribution in [0.1, 0.15) is 70.1 Å². The van der Waals surface area contributed by atoms with Crippen LogP contribution in [0.25, 0.3) is 33.4 Å². The molecule has 2 aliphatic carbocycles. The molecule has 8 aromatic carbocycles. The highest BCUT2D eigenvalue weighted by molar-refractivity contribution is 6.16. The molecule has 0 fully saturated rings. The number of benzene rings is 8. The fourth-order valence-corrected chi connectivity index (χ4v) is 9.95. The van der Waals surface area contributed by atoms with Crippen molar-refractivity contribution in [3.05, 3.63) is 250 Å². The second-order valence-corrected chi connectivity index (χ2v) is 16.1. The normalized spacial score (nSPS) is 16.6. The lowest BCUT2D eigenvalue weighted by atomic mass is 9.55. The molecule has 3 heteroatoms. The Hall–Kier alpha value is -7.10. The molecule has 3 nitrogen and oxygen atoms in total. The lowest BCUT2D eigenvalue weighted by molar-refractivity contribution is 0.563. The van der Waals surface area contributed by atoms with Crippen molar-refractivity contribution in [1.82, 2.24) is 5.32 Å². The summed E-state index contributed by atoms with van der Waals surface area (Å²) in [4.78, 5) is 10.5. The Morgan fingerprint density at radius 2 is 0.845 bits per heavy atom. The van der Waals surface area contributed by atoms with Crippen molar-refractivity contribution in [1.29, 1.82) is 0 Å². The molecule has 58 heavy (non-hydrogen) atoms. The number of hydrogen-bond acceptors (Lipinski definition) is 3. The Kier molecular flexibility index (Phi) is 7.81. The van der Waals surface area contributed by atoms with Gasteiger partial charge in [0.2, 0.25) is 0 Å². The Morgan fingerprint density at radius 1 is 0.379 bits per heavy atom. The van der Waals surface area contributed by atoms with E-state index in [4.69, 9.17) is 9.98 Å². The van der Waals surface area contributed by atoms with Crippen LogP contribution >= 0.6 is 0 Å². The molecule has 1 unspecified atom stereocenters. The van der Waals surface area contributed by atoms with Gasteiger partial charge in [-0.1, -0.05) is 208 Å². The number of nitrogens with one attached hydrogen (secondary N) is 1. The summed E-state index contributed by atoms with van der Waals surface area (Å²) >= 11 is 0. The molecule has 0 radical (unpaired) electrons. The lowest BCUT2D eigenvalue weighted by Gasteiger charge is -2.46. The van der Waals surface area contributed by atoms with E-state index in [1.165, 1.54) is 61.2 Å². The van der Waals surface area contributed by atoms with Crippen LogP contribution in [-0.4, -0.2) is 11.7 Å². The summed E-state index contributed by atoms with van der Waals surface area (Å²) in [6, 6.07) is 72.6. The van der Waals surface area contributed by atoms with Gasteiger partial charge < -0.3 is 5.32 Å². The smallest absolute Gasteiger partial charge is 0.169 e. The summed E-state index contributed by atoms with van der Waals surface area (Å²) in [7, 11) is 0. The average molecular weight is 744 g/mol. The topological polar surface area (TPSA) is 36.8 Å². The minimum absolute atomic E-state index is 0.139. The molecule has 1 spiro atoms. The van der Waals surface area contributed by atoms with E-state index >= 15 is 0 Å². The van der Waals surface area contributed by atoms with Gasteiger partial charge in [0, 0.05) is 16.5 Å². The Morgan fingerprint density at radius 3 is 1.52 bits per heavy atom. The van der Waals surface area contributed by atoms with Gasteiger partial charge in [0.1, 0.15) is 11.7 Å². The first-order chi connectivity index (χ1) is 28.5. The predicted octanol–water partition coefficient (Wildman–Crippen LogP) is 12.5. The van der Waals surface area contributed by atoms with E-state index in [1.807, 2.05) is 12.1 Å². The first-order valence-electron chi connectivity index (χ1n) is 20.2. The van der Waals surface area contributed by atoms with Crippen LogP contribution in [0.3, 0.4) is 0 Å². The Bertz CT molecular complexity index is 2890. The molecule has 0 amide bonds. The van der Waals surface area contributed by atoms with E-state index in [0.29, 0.717) is 0 Å². The van der Waals surface area contributed by atoms with Crippen molar-refractivity contribution in [3.8, 4) is 33.4 Å². The third kappa shape index (κ3) is 5.13. The predicted molar refractivity (Wildman–Crippen MR) is 239 cm³/mol. The fourth-order valence-electron chi connectivity index (χ4n) is 9.95. The van der Waals surface area contributed by atoms with Gasteiger partial charge in [-0.3, -0.25) is 0 Å². The zero-order chi connectivity index (χ0) is 38.8. The minimum Gasteiger partial charge on any atom is -0.324 e. The number of amidine groups is 2. The molecule has 0 saturated heterocycles. The van der Waals surface area contributed by atoms with Gasteiger partial charge in [-0.15, -0.1) is 0 Å². The number of nitrogens with zero attached hydrogens (tertiary/aromatic N) is 2. The molecule has 0 aromatic heterocycles. The highest BCUT2D eigenvalue weighted by atomic mass is 15.2. The van der Waals surface area contributed by atoms with Crippen LogP contribution in [0.5, 0.6) is 0 Å². The van der Waals surface area contributed by atoms with E-state index in [9.17, 15) is 0 Å². The molecule has 0 bridgehead atoms. The highest BCUT2D eigenvalue weighted by Crippen LogP contribution is 2.63. The average Bonchev–Trinajstić information content (AvgIpc) is 3.60. The molecule has 3 aliphatic rings. The molecule has 1 aliphatic heterocycles. The number of hydrogen-bond donors (Lipinski definition) is 1. The molecular weight excluding hydrogens is 703 g/mol. The molecule has 8 aromatic rings. The third-order valence-electron chi connectivity index (χ3n) is 12.6. The lowest BCUT2D eigenvalue weighted by Crippen LogP contribution is -2.40. The van der Waals surface area contributed by atoms with Crippen LogP contribution in [0, 0.1) is 0 Å². The standard InChI is InChI=1S/C55H41N3/c1-54(2)45-26-11-13-28-47(45)55(48-29-14-12-27-46(48)54)44-25-10-9-23-43(44)50-42(24-16-30-49(50)55)40-21-15-22-41(35-40)53-57-51(38-19-7-4-8-20-38)56-52(58-53)39-33-31-37(32-34-39)36-17-5-3-6-18-36/h3-35,52H,1-2H3,(H,56,57,58). The van der Waals surface area contributed by atoms with E-state index < -0.39 is 11.6 Å². The SMILES string of the molecule is CC1(C)c2ccccc2C2(c3ccccc3-c3c(-c4cccc(C5=NC(c6ccc(-c7ccccc7)cc6)N=C(c6ccccc6)N5)c4)cccc32)c2ccccc21. The van der Waals surface area contributed by atoms with E-state index in [2.05, 4.69) is 207 Å². The van der Waals surface area contributed by atoms with Crippen molar-refractivity contribution in [2.24, 2.45) is 9.98 Å². The van der Waals surface area contributed by atoms with Gasteiger partial charge in [-0.25, -0.2) is 9.98 Å². The molecule has 1 heterocycles. The maximum absolute atomic E-state index is 5.29. The largest absolute Gasteiger partial charge is 0.324 e. The van der Waals surface area contributed by atoms with Crippen LogP contribution < -0.4 is 5.32 Å². The van der Waals surface area contributed by atoms with Crippen molar-refractivity contribution in [3.63, 3.8) is 0 Å². The van der Waals surface area contributed by atoms with Gasteiger partial charge in [0.25, 0.3) is 0 Å². The summed E-state index contributed by atoms with van der Waals surface area (Å²) in [6.45, 7) is 4.75. The minimum atomic E-state index is -0.443. The molecule has 276 valence electrons. The van der Waals surface area contributed by atoms with Gasteiger partial charge >= 0.3 is 0 Å². The van der Waals surface area contributed by atoms with Crippen molar-refractivity contribution in [2.75, 3.05) is 0 Å². The van der Waals surface area contributed by atoms with Crippen LogP contribution in [0.4, 0.5) is 0 Å². The summed E-state index contributed by atoms with van der Waals surface area (Å²) in [6.07, 6.45) is -0.400. The van der Waals surface area contributed by atoms with Crippen LogP contribution in [0.15, 0.2) is 210 Å². The number of aliphatic imine (C=N–C) groups is 2. The third-order valence-corrected chi connectivity index (χ3v) is 12.6. The van der Waals surface area contributed by atoms with E-state index in [-0.39, 0.29) is 5.41 Å². The zero-order valence-electron chi connectivity index (χ0n) is 32.5. The zero-order valence-corrected chi connectivity index (χ0v) is 32.5. The quantitative estimate of drug-likeness (QED) is 0.187. The first kappa shape index (κ1) is 34.2. The van der Waals surface area contributed by atoms with E-state index in [1.54, 1.807) is 0 Å². The van der Waals surface area contributed by atoms with Gasteiger partial charge in [0.05, 0.1) is 5.41 Å². The summed E-state index contributed by atoms with van der Waals surface area (Å²) in [5, 5.41) is 3.65. The van der Waals surface area contributed by atoms with Crippen molar-refractivity contribution >= 4 is 11.7 Å².